The predicted molar refractivity (Wildman–Crippen MR) is 109 cm³/mol. The minimum absolute atomic E-state index is 0.0568. The Hall–Kier alpha value is -2.05. The Kier molecular flexibility index (Phi) is 9.32. The number of methoxy groups -OCH3 is 1. The van der Waals surface area contributed by atoms with Crippen LogP contribution in [0.5, 0.6) is 11.5 Å². The van der Waals surface area contributed by atoms with Gasteiger partial charge in [0.2, 0.25) is 5.91 Å². The summed E-state index contributed by atoms with van der Waals surface area (Å²) in [6.07, 6.45) is 3.21. The zero-order valence-electron chi connectivity index (χ0n) is 17.4. The lowest BCUT2D eigenvalue weighted by atomic mass is 10.1. The zero-order chi connectivity index (χ0) is 20.4. The normalized spacial score (nSPS) is 13.0. The number of rotatable bonds is 10. The number of ether oxygens (including phenoxy) is 2. The molecule has 6 heteroatoms. The molecule has 0 saturated heterocycles. The molecule has 152 valence electrons. The summed E-state index contributed by atoms with van der Waals surface area (Å²) >= 11 is 0. The van der Waals surface area contributed by atoms with E-state index in [0.29, 0.717) is 24.6 Å². The highest BCUT2D eigenvalue weighted by Gasteiger charge is 2.18. The highest BCUT2D eigenvalue weighted by Crippen LogP contribution is 2.28. The van der Waals surface area contributed by atoms with E-state index in [4.69, 9.17) is 9.47 Å². The van der Waals surface area contributed by atoms with E-state index >= 15 is 0 Å². The Morgan fingerprint density at radius 1 is 1.33 bits per heavy atom. The van der Waals surface area contributed by atoms with Crippen molar-refractivity contribution in [3.8, 4) is 11.5 Å². The predicted octanol–water partition coefficient (Wildman–Crippen LogP) is 2.70. The first-order valence-corrected chi connectivity index (χ1v) is 9.33. The number of likely N-dealkylation sites (N-methyl/N-ethyl adjacent to an activating group) is 1. The first-order chi connectivity index (χ1) is 12.7. The number of nitrogens with zero attached hydrogens (tertiary/aromatic N) is 1. The van der Waals surface area contributed by atoms with Crippen molar-refractivity contribution in [3.63, 3.8) is 0 Å². The summed E-state index contributed by atoms with van der Waals surface area (Å²) < 4.78 is 11.1. The number of allylic oxidation sites excluding steroid dienone is 1. The number of carbonyl (C=O) groups excluding carboxylic acids is 1. The largest absolute Gasteiger partial charge is 0.493 e. The lowest BCUT2D eigenvalue weighted by Gasteiger charge is -2.26. The molecular formula is C21H34N2O4. The van der Waals surface area contributed by atoms with Gasteiger partial charge in [0.1, 0.15) is 12.7 Å². The average molecular weight is 379 g/mol. The topological polar surface area (TPSA) is 71.0 Å². The maximum Gasteiger partial charge on any atom is 0.234 e. The van der Waals surface area contributed by atoms with Crippen molar-refractivity contribution in [2.45, 2.75) is 46.3 Å². The van der Waals surface area contributed by atoms with Crippen molar-refractivity contribution in [1.82, 2.24) is 10.2 Å². The second-order valence-electron chi connectivity index (χ2n) is 7.50. The molecule has 1 amide bonds. The number of benzene rings is 1. The first kappa shape index (κ1) is 23.0. The van der Waals surface area contributed by atoms with Gasteiger partial charge in [-0.25, -0.2) is 0 Å². The van der Waals surface area contributed by atoms with E-state index in [1.165, 1.54) is 0 Å². The third-order valence-corrected chi connectivity index (χ3v) is 3.78. The molecule has 0 aromatic heterocycles. The van der Waals surface area contributed by atoms with E-state index in [1.807, 2.05) is 69.9 Å². The number of carbonyl (C=O) groups is 1. The summed E-state index contributed by atoms with van der Waals surface area (Å²) in [6, 6.07) is 5.64. The van der Waals surface area contributed by atoms with Crippen LogP contribution in [0.15, 0.2) is 24.3 Å². The van der Waals surface area contributed by atoms with Gasteiger partial charge in [-0.3, -0.25) is 9.69 Å². The summed E-state index contributed by atoms with van der Waals surface area (Å²) in [7, 11) is 1.59. The smallest absolute Gasteiger partial charge is 0.234 e. The van der Waals surface area contributed by atoms with Crippen LogP contribution in [0.1, 0.15) is 40.2 Å². The van der Waals surface area contributed by atoms with Crippen molar-refractivity contribution in [1.29, 1.82) is 0 Å². The minimum Gasteiger partial charge on any atom is -0.493 e. The molecular weight excluding hydrogens is 344 g/mol. The van der Waals surface area contributed by atoms with Gasteiger partial charge in [0.25, 0.3) is 0 Å². The standard InChI is InChI=1S/C21H34N2O4/c1-7-9-16-10-11-18(19(12-16)26-6)27-15-17(24)13-23(8-2)14-20(25)22-21(3,4)5/h7,9-12,17,24H,8,13-15H2,1-6H3,(H,22,25). The number of hydrogen-bond acceptors (Lipinski definition) is 5. The quantitative estimate of drug-likeness (QED) is 0.655. The molecule has 1 aromatic rings. The van der Waals surface area contributed by atoms with Gasteiger partial charge in [-0.05, 0) is 51.9 Å². The Bertz CT molecular complexity index is 623. The third-order valence-electron chi connectivity index (χ3n) is 3.78. The van der Waals surface area contributed by atoms with E-state index in [0.717, 1.165) is 5.56 Å². The Labute approximate surface area is 163 Å². The molecule has 0 heterocycles. The molecule has 0 fully saturated rings. The second kappa shape index (κ2) is 10.9. The zero-order valence-corrected chi connectivity index (χ0v) is 17.4. The van der Waals surface area contributed by atoms with Crippen molar-refractivity contribution in [2.24, 2.45) is 0 Å². The number of hydrogen-bond donors (Lipinski definition) is 2. The van der Waals surface area contributed by atoms with Crippen LogP contribution in [0.2, 0.25) is 0 Å². The summed E-state index contributed by atoms with van der Waals surface area (Å²) in [4.78, 5) is 14.0. The highest BCUT2D eigenvalue weighted by atomic mass is 16.5. The van der Waals surface area contributed by atoms with Crippen LogP contribution < -0.4 is 14.8 Å². The summed E-state index contributed by atoms with van der Waals surface area (Å²) in [5.74, 6) is 1.15. The Morgan fingerprint density at radius 2 is 2.04 bits per heavy atom. The summed E-state index contributed by atoms with van der Waals surface area (Å²) in [5, 5.41) is 13.2. The second-order valence-corrected chi connectivity index (χ2v) is 7.50. The molecule has 0 radical (unpaired) electrons. The average Bonchev–Trinajstić information content (AvgIpc) is 2.58. The molecule has 2 N–H and O–H groups in total. The number of aliphatic hydroxyl groups excluding tert-OH is 1. The molecule has 1 aromatic carbocycles. The van der Waals surface area contributed by atoms with E-state index in [9.17, 15) is 9.90 Å². The lowest BCUT2D eigenvalue weighted by molar-refractivity contribution is -0.124. The molecule has 0 spiro atoms. The maximum atomic E-state index is 12.1. The molecule has 1 unspecified atom stereocenters. The van der Waals surface area contributed by atoms with Gasteiger partial charge in [-0.15, -0.1) is 0 Å². The lowest BCUT2D eigenvalue weighted by Crippen LogP contribution is -2.47. The van der Waals surface area contributed by atoms with Gasteiger partial charge in [-0.1, -0.05) is 25.1 Å². The molecule has 0 bridgehead atoms. The Balaban J connectivity index is 2.58. The first-order valence-electron chi connectivity index (χ1n) is 9.33. The molecule has 0 aliphatic carbocycles. The number of amides is 1. The monoisotopic (exact) mass is 378 g/mol. The SMILES string of the molecule is CC=Cc1ccc(OCC(O)CN(CC)CC(=O)NC(C)(C)C)c(OC)c1. The highest BCUT2D eigenvalue weighted by molar-refractivity contribution is 5.78. The van der Waals surface area contributed by atoms with E-state index in [1.54, 1.807) is 7.11 Å². The summed E-state index contributed by atoms with van der Waals surface area (Å²) in [5.41, 5.74) is 0.748. The molecule has 27 heavy (non-hydrogen) atoms. The molecule has 0 aliphatic rings. The molecule has 1 rings (SSSR count). The van der Waals surface area contributed by atoms with Crippen LogP contribution in [0, 0.1) is 0 Å². The van der Waals surface area contributed by atoms with Crippen molar-refractivity contribution in [3.05, 3.63) is 29.8 Å². The van der Waals surface area contributed by atoms with Gasteiger partial charge in [-0.2, -0.15) is 0 Å². The van der Waals surface area contributed by atoms with Crippen molar-refractivity contribution in [2.75, 3.05) is 33.4 Å². The molecule has 0 aliphatic heterocycles. The third kappa shape index (κ3) is 8.93. The fourth-order valence-corrected chi connectivity index (χ4v) is 2.60. The number of nitrogens with one attached hydrogen (secondary N) is 1. The fraction of sp³-hybridized carbons (Fsp3) is 0.571. The Morgan fingerprint density at radius 3 is 2.59 bits per heavy atom. The molecule has 0 saturated carbocycles. The van der Waals surface area contributed by atoms with Crippen molar-refractivity contribution < 1.29 is 19.4 Å². The van der Waals surface area contributed by atoms with Crippen LogP contribution in [0.3, 0.4) is 0 Å². The van der Waals surface area contributed by atoms with Gasteiger partial charge in [0.05, 0.1) is 13.7 Å². The van der Waals surface area contributed by atoms with E-state index in [2.05, 4.69) is 5.32 Å². The molecule has 6 nitrogen and oxygen atoms in total. The molecule has 1 atom stereocenters. The fourth-order valence-electron chi connectivity index (χ4n) is 2.60. The van der Waals surface area contributed by atoms with E-state index in [-0.39, 0.29) is 24.6 Å². The van der Waals surface area contributed by atoms with Gasteiger partial charge >= 0.3 is 0 Å². The maximum absolute atomic E-state index is 12.1. The van der Waals surface area contributed by atoms with Crippen LogP contribution in [-0.4, -0.2) is 60.9 Å². The minimum atomic E-state index is -0.715. The van der Waals surface area contributed by atoms with Crippen LogP contribution in [-0.2, 0) is 4.79 Å². The van der Waals surface area contributed by atoms with Crippen LogP contribution >= 0.6 is 0 Å². The van der Waals surface area contributed by atoms with Gasteiger partial charge in [0.15, 0.2) is 11.5 Å². The number of aliphatic hydroxyl groups is 1. The van der Waals surface area contributed by atoms with Gasteiger partial charge in [0, 0.05) is 12.1 Å². The summed E-state index contributed by atoms with van der Waals surface area (Å²) in [6.45, 7) is 11.1. The van der Waals surface area contributed by atoms with Crippen LogP contribution in [0.25, 0.3) is 6.08 Å². The van der Waals surface area contributed by atoms with Gasteiger partial charge < -0.3 is 19.9 Å². The van der Waals surface area contributed by atoms with Crippen molar-refractivity contribution >= 4 is 12.0 Å². The van der Waals surface area contributed by atoms with E-state index < -0.39 is 6.10 Å². The van der Waals surface area contributed by atoms with Crippen LogP contribution in [0.4, 0.5) is 0 Å².